The second-order valence-electron chi connectivity index (χ2n) is 4.51. The lowest BCUT2D eigenvalue weighted by Gasteiger charge is -2.33. The van der Waals surface area contributed by atoms with Crippen LogP contribution in [0.15, 0.2) is 22.8 Å². The van der Waals surface area contributed by atoms with E-state index < -0.39 is 10.0 Å². The SMILES string of the molecule is CS(=O)(=O)N[C@@H]1CCCN(c2ccc(Br)cn2)C1. The molecule has 18 heavy (non-hydrogen) atoms. The molecule has 1 aliphatic heterocycles. The lowest BCUT2D eigenvalue weighted by molar-refractivity contribution is 0.465. The largest absolute Gasteiger partial charge is 0.355 e. The number of hydrogen-bond acceptors (Lipinski definition) is 4. The highest BCUT2D eigenvalue weighted by Crippen LogP contribution is 2.19. The van der Waals surface area contributed by atoms with Crippen molar-refractivity contribution in [3.8, 4) is 0 Å². The Morgan fingerprint density at radius 2 is 2.28 bits per heavy atom. The Bertz CT molecular complexity index is 504. The van der Waals surface area contributed by atoms with E-state index in [4.69, 9.17) is 0 Å². The number of hydrogen-bond donors (Lipinski definition) is 1. The minimum absolute atomic E-state index is 0.0285. The third kappa shape index (κ3) is 3.93. The van der Waals surface area contributed by atoms with Gasteiger partial charge in [-0.25, -0.2) is 18.1 Å². The zero-order chi connectivity index (χ0) is 13.2. The molecule has 0 aromatic carbocycles. The molecule has 0 saturated carbocycles. The number of nitrogens with zero attached hydrogens (tertiary/aromatic N) is 2. The topological polar surface area (TPSA) is 62.3 Å². The first kappa shape index (κ1) is 13.8. The molecule has 0 unspecified atom stereocenters. The van der Waals surface area contributed by atoms with E-state index in [1.165, 1.54) is 6.26 Å². The van der Waals surface area contributed by atoms with Gasteiger partial charge in [0, 0.05) is 29.8 Å². The maximum absolute atomic E-state index is 11.2. The van der Waals surface area contributed by atoms with Gasteiger partial charge in [0.15, 0.2) is 0 Å². The molecule has 100 valence electrons. The van der Waals surface area contributed by atoms with Crippen LogP contribution in [0.3, 0.4) is 0 Å². The molecular weight excluding hydrogens is 318 g/mol. The van der Waals surface area contributed by atoms with Crippen molar-refractivity contribution in [1.82, 2.24) is 9.71 Å². The molecule has 0 aliphatic carbocycles. The molecule has 7 heteroatoms. The third-order valence-electron chi connectivity index (χ3n) is 2.84. The fraction of sp³-hybridized carbons (Fsp3) is 0.545. The van der Waals surface area contributed by atoms with Crippen molar-refractivity contribution in [2.45, 2.75) is 18.9 Å². The second kappa shape index (κ2) is 5.54. The standard InChI is InChI=1S/C11H16BrN3O2S/c1-18(16,17)14-10-3-2-6-15(8-10)11-5-4-9(12)7-13-11/h4-5,7,10,14H,2-3,6,8H2,1H3/t10-/m1/s1. The minimum atomic E-state index is -3.14. The Labute approximate surface area is 116 Å². The smallest absolute Gasteiger partial charge is 0.209 e. The van der Waals surface area contributed by atoms with Crippen LogP contribution in [-0.2, 0) is 10.0 Å². The fourth-order valence-corrected chi connectivity index (χ4v) is 3.17. The first-order chi connectivity index (χ1) is 8.44. The Balaban J connectivity index is 2.04. The fourth-order valence-electron chi connectivity index (χ4n) is 2.14. The highest BCUT2D eigenvalue weighted by Gasteiger charge is 2.22. The Morgan fingerprint density at radius 1 is 1.50 bits per heavy atom. The van der Waals surface area contributed by atoms with Gasteiger partial charge in [-0.1, -0.05) is 0 Å². The Morgan fingerprint density at radius 3 is 2.89 bits per heavy atom. The van der Waals surface area contributed by atoms with E-state index in [1.807, 2.05) is 12.1 Å². The van der Waals surface area contributed by atoms with Gasteiger partial charge in [0.05, 0.1) is 6.26 Å². The molecule has 1 N–H and O–H groups in total. The van der Waals surface area contributed by atoms with Crippen LogP contribution in [-0.4, -0.2) is 38.8 Å². The molecule has 1 fully saturated rings. The first-order valence-electron chi connectivity index (χ1n) is 5.78. The maximum atomic E-state index is 11.2. The summed E-state index contributed by atoms with van der Waals surface area (Å²) in [6.07, 6.45) is 4.79. The molecule has 0 radical (unpaired) electrons. The van der Waals surface area contributed by atoms with E-state index >= 15 is 0 Å². The molecular formula is C11H16BrN3O2S. The molecule has 1 aliphatic rings. The maximum Gasteiger partial charge on any atom is 0.209 e. The van der Waals surface area contributed by atoms with E-state index in [1.54, 1.807) is 6.20 Å². The van der Waals surface area contributed by atoms with Crippen LogP contribution in [0.1, 0.15) is 12.8 Å². The van der Waals surface area contributed by atoms with Crippen LogP contribution >= 0.6 is 15.9 Å². The van der Waals surface area contributed by atoms with Gasteiger partial charge in [0.1, 0.15) is 5.82 Å². The Hall–Kier alpha value is -0.660. The number of pyridine rings is 1. The predicted octanol–water partition coefficient (Wildman–Crippen LogP) is 1.36. The molecule has 2 heterocycles. The molecule has 0 amide bonds. The second-order valence-corrected chi connectivity index (χ2v) is 7.21. The van der Waals surface area contributed by atoms with Crippen LogP contribution < -0.4 is 9.62 Å². The average molecular weight is 334 g/mol. The number of sulfonamides is 1. The van der Waals surface area contributed by atoms with E-state index in [0.29, 0.717) is 6.54 Å². The third-order valence-corrected chi connectivity index (χ3v) is 4.07. The quantitative estimate of drug-likeness (QED) is 0.907. The lowest BCUT2D eigenvalue weighted by atomic mass is 10.1. The van der Waals surface area contributed by atoms with Crippen molar-refractivity contribution in [3.63, 3.8) is 0 Å². The number of rotatable bonds is 3. The summed E-state index contributed by atoms with van der Waals surface area (Å²) in [6, 6.07) is 3.85. The summed E-state index contributed by atoms with van der Waals surface area (Å²) < 4.78 is 26.1. The van der Waals surface area contributed by atoms with Crippen LogP contribution in [0.5, 0.6) is 0 Å². The molecule has 1 aromatic rings. The van der Waals surface area contributed by atoms with E-state index in [9.17, 15) is 8.42 Å². The van der Waals surface area contributed by atoms with Gasteiger partial charge < -0.3 is 4.90 Å². The zero-order valence-electron chi connectivity index (χ0n) is 10.1. The summed E-state index contributed by atoms with van der Waals surface area (Å²) >= 11 is 3.35. The Kier molecular flexibility index (Phi) is 4.24. The van der Waals surface area contributed by atoms with Crippen LogP contribution in [0, 0.1) is 0 Å². The van der Waals surface area contributed by atoms with Crippen LogP contribution in [0.25, 0.3) is 0 Å². The van der Waals surface area contributed by atoms with Gasteiger partial charge in [0.25, 0.3) is 0 Å². The molecule has 1 aromatic heterocycles. The van der Waals surface area contributed by atoms with Crippen molar-refractivity contribution in [2.75, 3.05) is 24.2 Å². The van der Waals surface area contributed by atoms with E-state index in [2.05, 4.69) is 30.5 Å². The summed E-state index contributed by atoms with van der Waals surface area (Å²) in [7, 11) is -3.14. The molecule has 0 spiro atoms. The average Bonchev–Trinajstić information content (AvgIpc) is 2.28. The number of nitrogens with one attached hydrogen (secondary N) is 1. The summed E-state index contributed by atoms with van der Waals surface area (Å²) in [5.74, 6) is 0.887. The van der Waals surface area contributed by atoms with Crippen molar-refractivity contribution < 1.29 is 8.42 Å². The van der Waals surface area contributed by atoms with Gasteiger partial charge in [-0.3, -0.25) is 0 Å². The van der Waals surface area contributed by atoms with Gasteiger partial charge in [0.2, 0.25) is 10.0 Å². The highest BCUT2D eigenvalue weighted by molar-refractivity contribution is 9.10. The number of anilines is 1. The van der Waals surface area contributed by atoms with Gasteiger partial charge in [-0.05, 0) is 40.9 Å². The summed E-state index contributed by atoms with van der Waals surface area (Å²) in [5.41, 5.74) is 0. The molecule has 5 nitrogen and oxygen atoms in total. The van der Waals surface area contributed by atoms with Crippen molar-refractivity contribution in [3.05, 3.63) is 22.8 Å². The van der Waals surface area contributed by atoms with Crippen LogP contribution in [0.2, 0.25) is 0 Å². The van der Waals surface area contributed by atoms with Crippen molar-refractivity contribution in [2.24, 2.45) is 0 Å². The van der Waals surface area contributed by atoms with E-state index in [0.717, 1.165) is 29.7 Å². The summed E-state index contributed by atoms with van der Waals surface area (Å²) in [4.78, 5) is 6.44. The monoisotopic (exact) mass is 333 g/mol. The number of aromatic nitrogens is 1. The molecule has 1 atom stereocenters. The van der Waals surface area contributed by atoms with Gasteiger partial charge in [-0.2, -0.15) is 0 Å². The normalized spacial score (nSPS) is 21.0. The zero-order valence-corrected chi connectivity index (χ0v) is 12.5. The van der Waals surface area contributed by atoms with Gasteiger partial charge in [-0.15, -0.1) is 0 Å². The predicted molar refractivity (Wildman–Crippen MR) is 75.2 cm³/mol. The van der Waals surface area contributed by atoms with E-state index in [-0.39, 0.29) is 6.04 Å². The van der Waals surface area contributed by atoms with Crippen molar-refractivity contribution >= 4 is 31.8 Å². The number of halogens is 1. The van der Waals surface area contributed by atoms with Crippen molar-refractivity contribution in [1.29, 1.82) is 0 Å². The minimum Gasteiger partial charge on any atom is -0.355 e. The first-order valence-corrected chi connectivity index (χ1v) is 8.46. The highest BCUT2D eigenvalue weighted by atomic mass is 79.9. The van der Waals surface area contributed by atoms with Gasteiger partial charge >= 0.3 is 0 Å². The summed E-state index contributed by atoms with van der Waals surface area (Å²) in [5, 5.41) is 0. The number of piperidine rings is 1. The lowest BCUT2D eigenvalue weighted by Crippen LogP contribution is -2.47. The molecule has 2 rings (SSSR count). The summed E-state index contributed by atoms with van der Waals surface area (Å²) in [6.45, 7) is 1.58. The molecule has 1 saturated heterocycles. The molecule has 0 bridgehead atoms. The van der Waals surface area contributed by atoms with Crippen LogP contribution in [0.4, 0.5) is 5.82 Å².